The molecular formula is C14H16N2O4S. The molecule has 1 aliphatic heterocycles. The van der Waals surface area contributed by atoms with Crippen LogP contribution in [0.25, 0.3) is 11.0 Å². The van der Waals surface area contributed by atoms with Crippen molar-refractivity contribution < 1.29 is 18.3 Å². The number of para-hydroxylation sites is 2. The van der Waals surface area contributed by atoms with Crippen LogP contribution < -0.4 is 0 Å². The van der Waals surface area contributed by atoms with E-state index in [1.165, 1.54) is 4.57 Å². The normalized spacial score (nSPS) is 21.4. The molecule has 2 heterocycles. The van der Waals surface area contributed by atoms with Crippen molar-refractivity contribution in [3.05, 3.63) is 30.1 Å². The molecule has 2 aromatic rings. The fourth-order valence-electron chi connectivity index (χ4n) is 2.89. The molecule has 0 bridgehead atoms. The highest BCUT2D eigenvalue weighted by Crippen LogP contribution is 2.34. The van der Waals surface area contributed by atoms with Crippen molar-refractivity contribution in [1.29, 1.82) is 0 Å². The topological polar surface area (TPSA) is 89.3 Å². The maximum atomic E-state index is 12.3. The molecule has 1 N–H and O–H groups in total. The molecule has 0 aliphatic carbocycles. The highest BCUT2D eigenvalue weighted by molar-refractivity contribution is 7.91. The lowest BCUT2D eigenvalue weighted by atomic mass is 10.2. The Balaban J connectivity index is 2.19. The zero-order valence-electron chi connectivity index (χ0n) is 11.4. The first-order valence-electron chi connectivity index (χ1n) is 6.87. The van der Waals surface area contributed by atoms with Crippen LogP contribution in [0.1, 0.15) is 30.3 Å². The lowest BCUT2D eigenvalue weighted by molar-refractivity contribution is -0.137. The second kappa shape index (κ2) is 5.14. The summed E-state index contributed by atoms with van der Waals surface area (Å²) in [6, 6.07) is 7.14. The number of carboxylic acid groups (broad SMARTS) is 1. The first-order chi connectivity index (χ1) is 9.99. The van der Waals surface area contributed by atoms with Gasteiger partial charge >= 0.3 is 5.97 Å². The van der Waals surface area contributed by atoms with E-state index in [1.807, 2.05) is 0 Å². The predicted octanol–water partition coefficient (Wildman–Crippen LogP) is 1.76. The molecule has 7 heteroatoms. The van der Waals surface area contributed by atoms with E-state index in [4.69, 9.17) is 5.11 Å². The molecule has 1 fully saturated rings. The molecule has 1 aromatic carbocycles. The van der Waals surface area contributed by atoms with Gasteiger partial charge in [-0.1, -0.05) is 18.6 Å². The Morgan fingerprint density at radius 3 is 2.81 bits per heavy atom. The summed E-state index contributed by atoms with van der Waals surface area (Å²) in [4.78, 5) is 15.5. The summed E-state index contributed by atoms with van der Waals surface area (Å²) >= 11 is 0. The van der Waals surface area contributed by atoms with Crippen molar-refractivity contribution in [3.8, 4) is 0 Å². The van der Waals surface area contributed by atoms with Crippen LogP contribution in [0, 0.1) is 0 Å². The Morgan fingerprint density at radius 2 is 2.10 bits per heavy atom. The van der Waals surface area contributed by atoms with E-state index >= 15 is 0 Å². The van der Waals surface area contributed by atoms with E-state index in [9.17, 15) is 13.2 Å². The molecule has 1 unspecified atom stereocenters. The zero-order valence-corrected chi connectivity index (χ0v) is 12.2. The standard InChI is InChI=1S/C14H16N2O4S/c17-13(18)9-16-11-6-2-1-5-10(11)15-14(16)12-7-3-4-8-21(12,19)20/h1-2,5-6,12H,3-4,7-9H2,(H,17,18). The van der Waals surface area contributed by atoms with Crippen LogP contribution >= 0.6 is 0 Å². The molecule has 112 valence electrons. The van der Waals surface area contributed by atoms with Gasteiger partial charge in [-0.15, -0.1) is 0 Å². The first-order valence-corrected chi connectivity index (χ1v) is 8.59. The number of benzene rings is 1. The van der Waals surface area contributed by atoms with Crippen molar-refractivity contribution in [2.24, 2.45) is 0 Å². The van der Waals surface area contributed by atoms with Crippen LogP contribution in [-0.2, 0) is 21.2 Å². The molecule has 6 nitrogen and oxygen atoms in total. The number of aromatic nitrogens is 2. The average molecular weight is 308 g/mol. The molecule has 3 rings (SSSR count). The van der Waals surface area contributed by atoms with Crippen LogP contribution in [0.3, 0.4) is 0 Å². The van der Waals surface area contributed by atoms with Gasteiger partial charge in [0.1, 0.15) is 17.6 Å². The molecule has 21 heavy (non-hydrogen) atoms. The van der Waals surface area contributed by atoms with Crippen molar-refractivity contribution in [2.75, 3.05) is 5.75 Å². The Bertz CT molecular complexity index is 794. The molecule has 0 saturated carbocycles. The molecule has 1 aliphatic rings. The quantitative estimate of drug-likeness (QED) is 0.933. The van der Waals surface area contributed by atoms with Crippen LogP contribution in [0.15, 0.2) is 24.3 Å². The van der Waals surface area contributed by atoms with Crippen LogP contribution in [0.4, 0.5) is 0 Å². The minimum absolute atomic E-state index is 0.147. The third-order valence-corrected chi connectivity index (χ3v) is 6.02. The van der Waals surface area contributed by atoms with Gasteiger partial charge in [0, 0.05) is 0 Å². The zero-order chi connectivity index (χ0) is 15.0. The van der Waals surface area contributed by atoms with Crippen LogP contribution in [-0.4, -0.2) is 34.8 Å². The molecule has 0 amide bonds. The van der Waals surface area contributed by atoms with Crippen molar-refractivity contribution >= 4 is 26.8 Å². The number of hydrogen-bond acceptors (Lipinski definition) is 4. The molecule has 1 atom stereocenters. The summed E-state index contributed by atoms with van der Waals surface area (Å²) in [7, 11) is -3.26. The van der Waals surface area contributed by atoms with Gasteiger partial charge in [0.25, 0.3) is 0 Å². The average Bonchev–Trinajstić information content (AvgIpc) is 2.76. The molecule has 1 saturated heterocycles. The predicted molar refractivity (Wildman–Crippen MR) is 77.7 cm³/mol. The number of carboxylic acids is 1. The summed E-state index contributed by atoms with van der Waals surface area (Å²) in [6.45, 7) is -0.276. The van der Waals surface area contributed by atoms with Crippen LogP contribution in [0.5, 0.6) is 0 Å². The van der Waals surface area contributed by atoms with E-state index < -0.39 is 21.1 Å². The Morgan fingerprint density at radius 1 is 1.33 bits per heavy atom. The van der Waals surface area contributed by atoms with E-state index in [0.717, 1.165) is 6.42 Å². The van der Waals surface area contributed by atoms with Gasteiger partial charge in [0.2, 0.25) is 0 Å². The Hall–Kier alpha value is -1.89. The number of nitrogens with zero attached hydrogens (tertiary/aromatic N) is 2. The fourth-order valence-corrected chi connectivity index (χ4v) is 4.80. The summed E-state index contributed by atoms with van der Waals surface area (Å²) < 4.78 is 26.1. The van der Waals surface area contributed by atoms with Gasteiger partial charge in [-0.3, -0.25) is 4.79 Å². The van der Waals surface area contributed by atoms with E-state index in [0.29, 0.717) is 29.7 Å². The maximum absolute atomic E-state index is 12.3. The van der Waals surface area contributed by atoms with Gasteiger partial charge in [-0.25, -0.2) is 13.4 Å². The molecule has 0 spiro atoms. The molecule has 1 aromatic heterocycles. The van der Waals surface area contributed by atoms with Gasteiger partial charge in [-0.2, -0.15) is 0 Å². The lowest BCUT2D eigenvalue weighted by Crippen LogP contribution is -2.25. The van der Waals surface area contributed by atoms with Gasteiger partial charge in [-0.05, 0) is 25.0 Å². The molecular weight excluding hydrogens is 292 g/mol. The second-order valence-electron chi connectivity index (χ2n) is 5.29. The second-order valence-corrected chi connectivity index (χ2v) is 7.59. The van der Waals surface area contributed by atoms with E-state index in [1.54, 1.807) is 24.3 Å². The molecule has 0 radical (unpaired) electrons. The lowest BCUT2D eigenvalue weighted by Gasteiger charge is -2.22. The summed E-state index contributed by atoms with van der Waals surface area (Å²) in [5.41, 5.74) is 1.30. The summed E-state index contributed by atoms with van der Waals surface area (Å²) in [5, 5.41) is 8.40. The maximum Gasteiger partial charge on any atom is 0.323 e. The highest BCUT2D eigenvalue weighted by atomic mass is 32.2. The number of imidazole rings is 1. The Labute approximate surface area is 122 Å². The third-order valence-electron chi connectivity index (χ3n) is 3.84. The van der Waals surface area contributed by atoms with Gasteiger partial charge in [0.05, 0.1) is 16.8 Å². The first kappa shape index (κ1) is 14.1. The summed E-state index contributed by atoms with van der Waals surface area (Å²) in [5.74, 6) is -0.501. The number of aliphatic carboxylic acids is 1. The van der Waals surface area contributed by atoms with E-state index in [-0.39, 0.29) is 12.3 Å². The van der Waals surface area contributed by atoms with Crippen molar-refractivity contribution in [2.45, 2.75) is 31.1 Å². The number of carbonyl (C=O) groups is 1. The van der Waals surface area contributed by atoms with Crippen molar-refractivity contribution in [3.63, 3.8) is 0 Å². The van der Waals surface area contributed by atoms with Gasteiger partial charge in [0.15, 0.2) is 9.84 Å². The monoisotopic (exact) mass is 308 g/mol. The number of hydrogen-bond donors (Lipinski definition) is 1. The smallest absolute Gasteiger partial charge is 0.323 e. The highest BCUT2D eigenvalue weighted by Gasteiger charge is 2.34. The van der Waals surface area contributed by atoms with E-state index in [2.05, 4.69) is 4.98 Å². The number of fused-ring (bicyclic) bond motifs is 1. The summed E-state index contributed by atoms with van der Waals surface area (Å²) in [6.07, 6.45) is 1.99. The number of sulfone groups is 1. The SMILES string of the molecule is O=C(O)Cn1c(C2CCCCS2(=O)=O)nc2ccccc21. The largest absolute Gasteiger partial charge is 0.480 e. The number of rotatable bonds is 3. The third kappa shape index (κ3) is 2.53. The Kier molecular flexibility index (Phi) is 3.44. The van der Waals surface area contributed by atoms with Crippen LogP contribution in [0.2, 0.25) is 0 Å². The van der Waals surface area contributed by atoms with Crippen molar-refractivity contribution in [1.82, 2.24) is 9.55 Å². The minimum atomic E-state index is -3.26. The fraction of sp³-hybridized carbons (Fsp3) is 0.429. The minimum Gasteiger partial charge on any atom is -0.480 e. The van der Waals surface area contributed by atoms with Gasteiger partial charge < -0.3 is 9.67 Å².